The van der Waals surface area contributed by atoms with Gasteiger partial charge < -0.3 is 9.55 Å². The quantitative estimate of drug-likeness (QED) is 0.753. The molecule has 7 heteroatoms. The minimum Gasteiger partial charge on any atom is -0.340 e. The molecular weight excluding hydrogens is 269 g/mol. The fourth-order valence-electron chi connectivity index (χ4n) is 1.90. The van der Waals surface area contributed by atoms with Crippen molar-refractivity contribution >= 4 is 22.8 Å². The van der Waals surface area contributed by atoms with Gasteiger partial charge in [-0.2, -0.15) is 0 Å². The Hall–Kier alpha value is -2.21. The summed E-state index contributed by atoms with van der Waals surface area (Å²) >= 11 is 6.00. The number of halogens is 2. The Bertz CT molecular complexity index is 787. The van der Waals surface area contributed by atoms with Crippen LogP contribution in [-0.2, 0) is 6.54 Å². The molecule has 0 unspecified atom stereocenters. The number of benzene rings is 1. The minimum absolute atomic E-state index is 0.100. The van der Waals surface area contributed by atoms with Crippen molar-refractivity contribution in [3.63, 3.8) is 0 Å². The number of hydrogen-bond acceptors (Lipinski definition) is 3. The smallest absolute Gasteiger partial charge is 0.173 e. The molecule has 0 fully saturated rings. The SMILES string of the molecule is N=c1ncn(Cc2c(F)cccc2Cl)c2nc[nH]c12. The van der Waals surface area contributed by atoms with E-state index in [0.29, 0.717) is 21.7 Å². The zero-order chi connectivity index (χ0) is 13.4. The Balaban J connectivity index is 2.14. The van der Waals surface area contributed by atoms with Gasteiger partial charge in [0.1, 0.15) is 11.3 Å². The molecule has 19 heavy (non-hydrogen) atoms. The van der Waals surface area contributed by atoms with E-state index in [9.17, 15) is 4.39 Å². The normalized spacial score (nSPS) is 11.1. The van der Waals surface area contributed by atoms with Crippen molar-refractivity contribution in [3.8, 4) is 0 Å². The van der Waals surface area contributed by atoms with Crippen LogP contribution in [0.2, 0.25) is 5.02 Å². The highest BCUT2D eigenvalue weighted by Gasteiger charge is 2.10. The van der Waals surface area contributed by atoms with Crippen LogP contribution in [0.1, 0.15) is 5.56 Å². The summed E-state index contributed by atoms with van der Waals surface area (Å²) in [6, 6.07) is 4.55. The Morgan fingerprint density at radius 1 is 1.37 bits per heavy atom. The monoisotopic (exact) mass is 277 g/mol. The molecule has 1 aromatic carbocycles. The number of aromatic amines is 1. The predicted octanol–water partition coefficient (Wildman–Crippen LogP) is 2.08. The molecule has 2 aromatic heterocycles. The van der Waals surface area contributed by atoms with Gasteiger partial charge in [0, 0.05) is 10.6 Å². The maximum atomic E-state index is 13.8. The van der Waals surface area contributed by atoms with E-state index in [2.05, 4.69) is 15.0 Å². The lowest BCUT2D eigenvalue weighted by Crippen LogP contribution is -2.14. The summed E-state index contributed by atoms with van der Waals surface area (Å²) in [7, 11) is 0. The van der Waals surface area contributed by atoms with Gasteiger partial charge in [0.05, 0.1) is 19.2 Å². The van der Waals surface area contributed by atoms with Crippen LogP contribution < -0.4 is 5.49 Å². The van der Waals surface area contributed by atoms with Gasteiger partial charge in [-0.1, -0.05) is 17.7 Å². The standard InChI is InChI=1S/C12H9ClFN5/c13-8-2-1-3-9(14)7(8)4-19-6-18-11(15)10-12(19)17-5-16-10/h1-3,5-6,15H,4H2,(H,16,17). The van der Waals surface area contributed by atoms with Crippen LogP contribution in [0.3, 0.4) is 0 Å². The topological polar surface area (TPSA) is 70.3 Å². The van der Waals surface area contributed by atoms with Gasteiger partial charge in [0.15, 0.2) is 11.1 Å². The Morgan fingerprint density at radius 3 is 3.00 bits per heavy atom. The summed E-state index contributed by atoms with van der Waals surface area (Å²) in [6.45, 7) is 0.208. The molecule has 0 amide bonds. The van der Waals surface area contributed by atoms with Crippen LogP contribution >= 0.6 is 11.6 Å². The van der Waals surface area contributed by atoms with Crippen LogP contribution in [0.25, 0.3) is 11.2 Å². The molecule has 0 bridgehead atoms. The van der Waals surface area contributed by atoms with Gasteiger partial charge >= 0.3 is 0 Å². The second-order valence-electron chi connectivity index (χ2n) is 4.02. The number of nitrogens with zero attached hydrogens (tertiary/aromatic N) is 3. The van der Waals surface area contributed by atoms with E-state index in [0.717, 1.165) is 0 Å². The highest BCUT2D eigenvalue weighted by Crippen LogP contribution is 2.20. The molecule has 0 aliphatic heterocycles. The highest BCUT2D eigenvalue weighted by molar-refractivity contribution is 6.31. The summed E-state index contributed by atoms with van der Waals surface area (Å²) in [6.07, 6.45) is 2.93. The van der Waals surface area contributed by atoms with Crippen molar-refractivity contribution in [1.82, 2.24) is 19.5 Å². The van der Waals surface area contributed by atoms with Gasteiger partial charge in [0.2, 0.25) is 0 Å². The first-order valence-corrected chi connectivity index (χ1v) is 5.90. The molecule has 0 atom stereocenters. The maximum Gasteiger partial charge on any atom is 0.173 e. The van der Waals surface area contributed by atoms with Crippen LogP contribution in [0.4, 0.5) is 4.39 Å². The van der Waals surface area contributed by atoms with E-state index in [-0.39, 0.29) is 17.8 Å². The summed E-state index contributed by atoms with van der Waals surface area (Å²) in [5.74, 6) is -0.376. The summed E-state index contributed by atoms with van der Waals surface area (Å²) in [4.78, 5) is 10.9. The zero-order valence-electron chi connectivity index (χ0n) is 9.69. The first-order chi connectivity index (χ1) is 9.16. The first kappa shape index (κ1) is 11.9. The summed E-state index contributed by atoms with van der Waals surface area (Å²) in [5, 5.41) is 8.00. The number of aromatic nitrogens is 4. The highest BCUT2D eigenvalue weighted by atomic mass is 35.5. The molecule has 0 saturated heterocycles. The molecule has 5 nitrogen and oxygen atoms in total. The Kier molecular flexibility index (Phi) is 2.79. The van der Waals surface area contributed by atoms with Crippen molar-refractivity contribution in [3.05, 3.63) is 52.7 Å². The van der Waals surface area contributed by atoms with Gasteiger partial charge in [-0.25, -0.2) is 14.4 Å². The summed E-state index contributed by atoms with van der Waals surface area (Å²) < 4.78 is 15.4. The first-order valence-electron chi connectivity index (χ1n) is 5.53. The van der Waals surface area contributed by atoms with Gasteiger partial charge in [-0.05, 0) is 12.1 Å². The van der Waals surface area contributed by atoms with Crippen molar-refractivity contribution in [2.24, 2.45) is 0 Å². The molecule has 0 spiro atoms. The van der Waals surface area contributed by atoms with Crippen LogP contribution in [0, 0.1) is 11.2 Å². The minimum atomic E-state index is -0.376. The van der Waals surface area contributed by atoms with Crippen LogP contribution in [-0.4, -0.2) is 19.5 Å². The molecule has 3 rings (SSSR count). The fraction of sp³-hybridized carbons (Fsp3) is 0.0833. The number of imidazole rings is 1. The molecule has 3 aromatic rings. The average molecular weight is 278 g/mol. The number of nitrogens with one attached hydrogen (secondary N) is 2. The lowest BCUT2D eigenvalue weighted by Gasteiger charge is -2.09. The van der Waals surface area contributed by atoms with Gasteiger partial charge in [-0.3, -0.25) is 5.41 Å². The fourth-order valence-corrected chi connectivity index (χ4v) is 2.12. The lowest BCUT2D eigenvalue weighted by atomic mass is 10.2. The number of H-pyrrole nitrogens is 1. The van der Waals surface area contributed by atoms with Crippen LogP contribution in [0.15, 0.2) is 30.9 Å². The predicted molar refractivity (Wildman–Crippen MR) is 68.2 cm³/mol. The van der Waals surface area contributed by atoms with E-state index in [1.807, 2.05) is 0 Å². The number of rotatable bonds is 2. The Labute approximate surface area is 112 Å². The average Bonchev–Trinajstić information content (AvgIpc) is 2.87. The lowest BCUT2D eigenvalue weighted by molar-refractivity contribution is 0.600. The van der Waals surface area contributed by atoms with Crippen LogP contribution in [0.5, 0.6) is 0 Å². The maximum absolute atomic E-state index is 13.8. The molecule has 2 heterocycles. The molecule has 0 aliphatic rings. The molecule has 0 aliphatic carbocycles. The van der Waals surface area contributed by atoms with Crippen molar-refractivity contribution in [1.29, 1.82) is 5.41 Å². The van der Waals surface area contributed by atoms with E-state index in [1.165, 1.54) is 18.7 Å². The zero-order valence-corrected chi connectivity index (χ0v) is 10.4. The molecule has 0 radical (unpaired) electrons. The molecule has 96 valence electrons. The molecular formula is C12H9ClFN5. The van der Waals surface area contributed by atoms with Gasteiger partial charge in [0.25, 0.3) is 0 Å². The van der Waals surface area contributed by atoms with Crippen molar-refractivity contribution < 1.29 is 4.39 Å². The van der Waals surface area contributed by atoms with E-state index in [1.54, 1.807) is 16.7 Å². The van der Waals surface area contributed by atoms with E-state index >= 15 is 0 Å². The number of hydrogen-bond donors (Lipinski definition) is 2. The summed E-state index contributed by atoms with van der Waals surface area (Å²) in [5.41, 5.74) is 1.52. The second-order valence-corrected chi connectivity index (χ2v) is 4.43. The van der Waals surface area contributed by atoms with Crippen molar-refractivity contribution in [2.75, 3.05) is 0 Å². The van der Waals surface area contributed by atoms with Gasteiger partial charge in [-0.15, -0.1) is 0 Å². The third kappa shape index (κ3) is 2.00. The third-order valence-corrected chi connectivity index (χ3v) is 3.20. The molecule has 0 saturated carbocycles. The largest absolute Gasteiger partial charge is 0.340 e. The third-order valence-electron chi connectivity index (χ3n) is 2.84. The Morgan fingerprint density at radius 2 is 2.21 bits per heavy atom. The van der Waals surface area contributed by atoms with Crippen molar-refractivity contribution in [2.45, 2.75) is 6.54 Å². The van der Waals surface area contributed by atoms with E-state index < -0.39 is 0 Å². The number of fused-ring (bicyclic) bond motifs is 1. The molecule has 2 N–H and O–H groups in total. The van der Waals surface area contributed by atoms with E-state index in [4.69, 9.17) is 17.0 Å². The second kappa shape index (κ2) is 4.47.